The monoisotopic (exact) mass is 411 g/mol. The first-order chi connectivity index (χ1) is 15.3. The maximum absolute atomic E-state index is 12.8. The fourth-order valence-electron chi connectivity index (χ4n) is 2.91. The third kappa shape index (κ3) is 5.67. The molecule has 1 N–H and O–H groups in total. The topological polar surface area (TPSA) is 73.3 Å². The van der Waals surface area contributed by atoms with Crippen molar-refractivity contribution in [1.29, 1.82) is 0 Å². The molecule has 0 saturated heterocycles. The third-order valence-electron chi connectivity index (χ3n) is 4.44. The summed E-state index contributed by atoms with van der Waals surface area (Å²) in [6, 6.07) is 25.9. The van der Waals surface area contributed by atoms with Crippen molar-refractivity contribution in [2.24, 2.45) is 0 Å². The van der Waals surface area contributed by atoms with E-state index in [4.69, 9.17) is 9.47 Å². The predicted molar refractivity (Wildman–Crippen MR) is 117 cm³/mol. The van der Waals surface area contributed by atoms with Crippen LogP contribution in [-0.4, -0.2) is 15.9 Å². The van der Waals surface area contributed by atoms with Crippen LogP contribution in [0.5, 0.6) is 17.4 Å². The highest BCUT2D eigenvalue weighted by atomic mass is 16.5. The van der Waals surface area contributed by atoms with Crippen LogP contribution in [0.1, 0.15) is 21.6 Å². The molecule has 1 amide bonds. The molecule has 0 atom stereocenters. The van der Waals surface area contributed by atoms with Crippen LogP contribution in [0, 0.1) is 0 Å². The molecular weight excluding hydrogens is 390 g/mol. The predicted octanol–water partition coefficient (Wildman–Crippen LogP) is 4.78. The number of hydrogen-bond acceptors (Lipinski definition) is 5. The van der Waals surface area contributed by atoms with Gasteiger partial charge in [-0.1, -0.05) is 36.4 Å². The van der Waals surface area contributed by atoms with Gasteiger partial charge in [-0.05, 0) is 54.1 Å². The number of carbonyl (C=O) groups is 1. The van der Waals surface area contributed by atoms with E-state index in [0.717, 1.165) is 11.3 Å². The maximum atomic E-state index is 12.8. The number of ether oxygens (including phenoxy) is 2. The molecule has 4 aromatic rings. The fraction of sp³-hybridized carbons (Fsp3) is 0.0800. The number of benzene rings is 2. The van der Waals surface area contributed by atoms with Crippen LogP contribution >= 0.6 is 0 Å². The van der Waals surface area contributed by atoms with Crippen LogP contribution in [0.2, 0.25) is 0 Å². The lowest BCUT2D eigenvalue weighted by atomic mass is 10.2. The van der Waals surface area contributed by atoms with Crippen LogP contribution in [0.4, 0.5) is 0 Å². The second-order valence-corrected chi connectivity index (χ2v) is 6.71. The number of aromatic nitrogens is 2. The molecule has 0 saturated carbocycles. The Kier molecular flexibility index (Phi) is 6.50. The van der Waals surface area contributed by atoms with Crippen molar-refractivity contribution in [3.63, 3.8) is 0 Å². The van der Waals surface area contributed by atoms with Gasteiger partial charge in [0.15, 0.2) is 0 Å². The number of para-hydroxylation sites is 1. The second-order valence-electron chi connectivity index (χ2n) is 6.71. The molecule has 6 heteroatoms. The summed E-state index contributed by atoms with van der Waals surface area (Å²) in [5.74, 6) is 1.33. The van der Waals surface area contributed by atoms with Gasteiger partial charge in [-0.15, -0.1) is 0 Å². The third-order valence-corrected chi connectivity index (χ3v) is 4.44. The minimum absolute atomic E-state index is 0.263. The SMILES string of the molecule is O=C(NCc1cccc(OCc2ccccn2)c1)c1cccnc1Oc1ccccc1. The summed E-state index contributed by atoms with van der Waals surface area (Å²) < 4.78 is 11.6. The van der Waals surface area contributed by atoms with E-state index in [1.165, 1.54) is 0 Å². The lowest BCUT2D eigenvalue weighted by molar-refractivity contribution is 0.0948. The minimum atomic E-state index is -0.265. The summed E-state index contributed by atoms with van der Waals surface area (Å²) in [6.07, 6.45) is 3.33. The van der Waals surface area contributed by atoms with Gasteiger partial charge in [0.1, 0.15) is 23.7 Å². The van der Waals surface area contributed by atoms with Gasteiger partial charge in [0, 0.05) is 18.9 Å². The van der Waals surface area contributed by atoms with Gasteiger partial charge in [0.05, 0.1) is 5.69 Å². The average molecular weight is 411 g/mol. The van der Waals surface area contributed by atoms with Crippen LogP contribution in [0.15, 0.2) is 97.3 Å². The van der Waals surface area contributed by atoms with Crippen LogP contribution < -0.4 is 14.8 Å². The molecule has 2 aromatic carbocycles. The molecule has 0 aliphatic rings. The quantitative estimate of drug-likeness (QED) is 0.452. The normalized spacial score (nSPS) is 10.3. The number of amides is 1. The highest BCUT2D eigenvalue weighted by molar-refractivity contribution is 5.96. The summed E-state index contributed by atoms with van der Waals surface area (Å²) in [5.41, 5.74) is 2.14. The van der Waals surface area contributed by atoms with E-state index in [0.29, 0.717) is 30.2 Å². The van der Waals surface area contributed by atoms with E-state index < -0.39 is 0 Å². The number of rotatable bonds is 8. The zero-order valence-corrected chi connectivity index (χ0v) is 16.8. The van der Waals surface area contributed by atoms with E-state index in [-0.39, 0.29) is 11.8 Å². The maximum Gasteiger partial charge on any atom is 0.257 e. The molecule has 6 nitrogen and oxygen atoms in total. The number of nitrogens with one attached hydrogen (secondary N) is 1. The van der Waals surface area contributed by atoms with E-state index in [2.05, 4.69) is 15.3 Å². The highest BCUT2D eigenvalue weighted by Gasteiger charge is 2.14. The molecule has 154 valence electrons. The molecule has 4 rings (SSSR count). The number of nitrogens with zero attached hydrogens (tertiary/aromatic N) is 2. The Labute approximate surface area is 180 Å². The Morgan fingerprint density at radius 2 is 1.61 bits per heavy atom. The van der Waals surface area contributed by atoms with Crippen molar-refractivity contribution in [3.8, 4) is 17.4 Å². The van der Waals surface area contributed by atoms with Gasteiger partial charge in [-0.2, -0.15) is 0 Å². The Hall–Kier alpha value is -4.19. The highest BCUT2D eigenvalue weighted by Crippen LogP contribution is 2.22. The molecule has 0 fully saturated rings. The fourth-order valence-corrected chi connectivity index (χ4v) is 2.91. The summed E-state index contributed by atoms with van der Waals surface area (Å²) in [6.45, 7) is 0.728. The van der Waals surface area contributed by atoms with E-state index >= 15 is 0 Å². The Bertz CT molecular complexity index is 1130. The van der Waals surface area contributed by atoms with Crippen LogP contribution in [-0.2, 0) is 13.2 Å². The summed E-state index contributed by atoms with van der Waals surface area (Å²) in [7, 11) is 0. The van der Waals surface area contributed by atoms with Gasteiger partial charge in [0.25, 0.3) is 5.91 Å². The number of carbonyl (C=O) groups excluding carboxylic acids is 1. The number of hydrogen-bond donors (Lipinski definition) is 1. The van der Waals surface area contributed by atoms with Crippen molar-refractivity contribution >= 4 is 5.91 Å². The number of pyridine rings is 2. The van der Waals surface area contributed by atoms with Crippen molar-refractivity contribution in [2.75, 3.05) is 0 Å². The zero-order valence-electron chi connectivity index (χ0n) is 16.8. The Balaban J connectivity index is 1.38. The van der Waals surface area contributed by atoms with Gasteiger partial charge >= 0.3 is 0 Å². The van der Waals surface area contributed by atoms with Crippen molar-refractivity contribution < 1.29 is 14.3 Å². The Morgan fingerprint density at radius 1 is 0.806 bits per heavy atom. The molecule has 0 spiro atoms. The molecule has 0 radical (unpaired) electrons. The Morgan fingerprint density at radius 3 is 2.45 bits per heavy atom. The lowest BCUT2D eigenvalue weighted by Gasteiger charge is -2.11. The molecule has 0 bridgehead atoms. The second kappa shape index (κ2) is 10.0. The first-order valence-electron chi connectivity index (χ1n) is 9.86. The first-order valence-corrected chi connectivity index (χ1v) is 9.86. The molecule has 2 aromatic heterocycles. The molecule has 2 heterocycles. The first kappa shape index (κ1) is 20.1. The van der Waals surface area contributed by atoms with Crippen molar-refractivity contribution in [1.82, 2.24) is 15.3 Å². The molecule has 0 unspecified atom stereocenters. The largest absolute Gasteiger partial charge is 0.487 e. The van der Waals surface area contributed by atoms with Crippen LogP contribution in [0.25, 0.3) is 0 Å². The van der Waals surface area contributed by atoms with Gasteiger partial charge < -0.3 is 14.8 Å². The van der Waals surface area contributed by atoms with Gasteiger partial charge in [-0.25, -0.2) is 4.98 Å². The minimum Gasteiger partial charge on any atom is -0.487 e. The van der Waals surface area contributed by atoms with Crippen LogP contribution in [0.3, 0.4) is 0 Å². The molecule has 0 aliphatic heterocycles. The standard InChI is InChI=1S/C25H21N3O3/c29-24(23-13-7-15-27-25(23)31-21-10-2-1-3-11-21)28-17-19-8-6-12-22(16-19)30-18-20-9-4-5-14-26-20/h1-16H,17-18H2,(H,28,29). The van der Waals surface area contributed by atoms with Crippen molar-refractivity contribution in [3.05, 3.63) is 114 Å². The summed E-state index contributed by atoms with van der Waals surface area (Å²) >= 11 is 0. The van der Waals surface area contributed by atoms with Gasteiger partial charge in [-0.3, -0.25) is 9.78 Å². The summed E-state index contributed by atoms with van der Waals surface area (Å²) in [4.78, 5) is 21.2. The van der Waals surface area contributed by atoms with E-state index in [9.17, 15) is 4.79 Å². The van der Waals surface area contributed by atoms with Crippen molar-refractivity contribution in [2.45, 2.75) is 13.2 Å². The molecular formula is C25H21N3O3. The van der Waals surface area contributed by atoms with Gasteiger partial charge in [0.2, 0.25) is 5.88 Å². The zero-order chi connectivity index (χ0) is 21.3. The molecule has 31 heavy (non-hydrogen) atoms. The average Bonchev–Trinajstić information content (AvgIpc) is 2.83. The van der Waals surface area contributed by atoms with E-state index in [1.54, 1.807) is 24.5 Å². The molecule has 0 aliphatic carbocycles. The lowest BCUT2D eigenvalue weighted by Crippen LogP contribution is -2.23. The van der Waals surface area contributed by atoms with E-state index in [1.807, 2.05) is 72.8 Å². The summed E-state index contributed by atoms with van der Waals surface area (Å²) in [5, 5.41) is 2.92. The smallest absolute Gasteiger partial charge is 0.257 e.